The van der Waals surface area contributed by atoms with Crippen LogP contribution >= 0.6 is 0 Å². The minimum absolute atomic E-state index is 0.350. The van der Waals surface area contributed by atoms with E-state index in [9.17, 15) is 5.11 Å². The van der Waals surface area contributed by atoms with Crippen LogP contribution in [-0.2, 0) is 0 Å². The molecule has 0 fully saturated rings. The number of ether oxygens (including phenoxy) is 2. The van der Waals surface area contributed by atoms with Crippen LogP contribution in [0.1, 0.15) is 13.3 Å². The Hall–Kier alpha value is -3.13. The highest BCUT2D eigenvalue weighted by Gasteiger charge is 2.17. The predicted molar refractivity (Wildman–Crippen MR) is 101 cm³/mol. The van der Waals surface area contributed by atoms with Gasteiger partial charge in [0.05, 0.1) is 31.5 Å². The van der Waals surface area contributed by atoms with Crippen LogP contribution in [0.5, 0.6) is 11.5 Å². The van der Waals surface area contributed by atoms with E-state index in [1.54, 1.807) is 32.5 Å². The maximum Gasteiger partial charge on any atom is 0.259 e. The van der Waals surface area contributed by atoms with Crippen molar-refractivity contribution in [2.24, 2.45) is 0 Å². The van der Waals surface area contributed by atoms with Crippen molar-refractivity contribution < 1.29 is 19.1 Å². The third kappa shape index (κ3) is 4.17. The summed E-state index contributed by atoms with van der Waals surface area (Å²) in [5.74, 6) is 2.55. The zero-order valence-electron chi connectivity index (χ0n) is 15.5. The maximum atomic E-state index is 9.60. The second-order valence-electron chi connectivity index (χ2n) is 5.84. The fourth-order valence-electron chi connectivity index (χ4n) is 2.51. The molecular weight excluding hydrogens is 348 g/mol. The van der Waals surface area contributed by atoms with Crippen LogP contribution in [0.4, 0.5) is 5.82 Å². The number of para-hydroxylation sites is 1. The largest absolute Gasteiger partial charge is 0.493 e. The van der Waals surface area contributed by atoms with Gasteiger partial charge >= 0.3 is 0 Å². The number of anilines is 1. The Kier molecular flexibility index (Phi) is 5.87. The molecule has 0 saturated carbocycles. The van der Waals surface area contributed by atoms with Crippen molar-refractivity contribution in [1.82, 2.24) is 15.1 Å². The predicted octanol–water partition coefficient (Wildman–Crippen LogP) is 3.00. The smallest absolute Gasteiger partial charge is 0.259 e. The number of hydrogen-bond acceptors (Lipinski definition) is 8. The minimum atomic E-state index is -0.400. The summed E-state index contributed by atoms with van der Waals surface area (Å²) in [6.07, 6.45) is 1.92. The highest BCUT2D eigenvalue weighted by atomic mass is 16.5. The summed E-state index contributed by atoms with van der Waals surface area (Å²) in [5, 5.41) is 16.7. The summed E-state index contributed by atoms with van der Waals surface area (Å²) in [6, 6.07) is 9.09. The number of pyridine rings is 1. The molecular formula is C19H22N4O4. The van der Waals surface area contributed by atoms with Crippen molar-refractivity contribution in [2.45, 2.75) is 19.4 Å². The average Bonchev–Trinajstić information content (AvgIpc) is 3.21. The first kappa shape index (κ1) is 18.7. The molecule has 0 aliphatic heterocycles. The summed E-state index contributed by atoms with van der Waals surface area (Å²) in [5.41, 5.74) is 1.36. The third-order valence-electron chi connectivity index (χ3n) is 4.07. The van der Waals surface area contributed by atoms with E-state index in [0.717, 1.165) is 0 Å². The topological polar surface area (TPSA) is 103 Å². The first-order valence-electron chi connectivity index (χ1n) is 8.59. The number of aromatic nitrogens is 3. The molecule has 0 aliphatic rings. The molecule has 0 saturated heterocycles. The van der Waals surface area contributed by atoms with Crippen LogP contribution in [0.3, 0.4) is 0 Å². The highest BCUT2D eigenvalue weighted by molar-refractivity contribution is 5.69. The molecule has 1 atom stereocenters. The van der Waals surface area contributed by atoms with Crippen molar-refractivity contribution in [3.05, 3.63) is 36.5 Å². The molecule has 0 spiro atoms. The van der Waals surface area contributed by atoms with Gasteiger partial charge < -0.3 is 24.4 Å². The standard InChI is InChI=1S/C19H22N4O4/c1-4-13(24)11-21-16-9-8-12(10-20-16)19-22-18(23-27-19)14-6-5-7-15(25-2)17(14)26-3/h5-10,13,24H,4,11H2,1-3H3,(H,20,21)/t13-/m1/s1. The maximum absolute atomic E-state index is 9.60. The van der Waals surface area contributed by atoms with Crippen LogP contribution in [0, 0.1) is 0 Å². The summed E-state index contributed by atoms with van der Waals surface area (Å²) < 4.78 is 16.1. The first-order valence-corrected chi connectivity index (χ1v) is 8.59. The van der Waals surface area contributed by atoms with Gasteiger partial charge in [0.25, 0.3) is 5.89 Å². The molecule has 2 N–H and O–H groups in total. The van der Waals surface area contributed by atoms with Gasteiger partial charge in [-0.1, -0.05) is 18.1 Å². The highest BCUT2D eigenvalue weighted by Crippen LogP contribution is 2.37. The van der Waals surface area contributed by atoms with Crippen molar-refractivity contribution in [3.8, 4) is 34.3 Å². The van der Waals surface area contributed by atoms with Crippen LogP contribution in [0.15, 0.2) is 41.1 Å². The lowest BCUT2D eigenvalue weighted by atomic mass is 10.1. The molecule has 3 rings (SSSR count). The van der Waals surface area contributed by atoms with Crippen LogP contribution in [0.25, 0.3) is 22.8 Å². The van der Waals surface area contributed by atoms with Gasteiger partial charge in [0.15, 0.2) is 11.5 Å². The van der Waals surface area contributed by atoms with Gasteiger partial charge in [-0.3, -0.25) is 0 Å². The Bertz CT molecular complexity index is 880. The second kappa shape index (κ2) is 8.50. The number of hydrogen-bond donors (Lipinski definition) is 2. The zero-order valence-corrected chi connectivity index (χ0v) is 15.5. The number of nitrogens with one attached hydrogen (secondary N) is 1. The Balaban J connectivity index is 1.80. The van der Waals surface area contributed by atoms with Gasteiger partial charge in [-0.15, -0.1) is 0 Å². The number of methoxy groups -OCH3 is 2. The molecule has 27 heavy (non-hydrogen) atoms. The minimum Gasteiger partial charge on any atom is -0.493 e. The summed E-state index contributed by atoms with van der Waals surface area (Å²) in [7, 11) is 3.14. The monoisotopic (exact) mass is 370 g/mol. The first-order chi connectivity index (χ1) is 13.2. The molecule has 0 amide bonds. The van der Waals surface area contributed by atoms with Gasteiger partial charge in [0.1, 0.15) is 5.82 Å². The van der Waals surface area contributed by atoms with E-state index in [-0.39, 0.29) is 0 Å². The average molecular weight is 370 g/mol. The van der Waals surface area contributed by atoms with E-state index < -0.39 is 6.10 Å². The Morgan fingerprint density at radius 3 is 2.70 bits per heavy atom. The fraction of sp³-hybridized carbons (Fsp3) is 0.316. The summed E-state index contributed by atoms with van der Waals surface area (Å²) >= 11 is 0. The van der Waals surface area contributed by atoms with Crippen LogP contribution < -0.4 is 14.8 Å². The van der Waals surface area contributed by atoms with Gasteiger partial charge in [-0.25, -0.2) is 4.98 Å². The van der Waals surface area contributed by atoms with E-state index in [1.807, 2.05) is 25.1 Å². The molecule has 0 bridgehead atoms. The van der Waals surface area contributed by atoms with Crippen molar-refractivity contribution >= 4 is 5.82 Å². The van der Waals surface area contributed by atoms with Crippen molar-refractivity contribution in [1.29, 1.82) is 0 Å². The van der Waals surface area contributed by atoms with E-state index in [1.165, 1.54) is 0 Å². The lowest BCUT2D eigenvalue weighted by Gasteiger charge is -2.10. The lowest BCUT2D eigenvalue weighted by Crippen LogP contribution is -2.18. The van der Waals surface area contributed by atoms with Gasteiger partial charge in [0, 0.05) is 12.7 Å². The van der Waals surface area contributed by atoms with Gasteiger partial charge in [0.2, 0.25) is 5.82 Å². The number of aliphatic hydroxyl groups excluding tert-OH is 1. The molecule has 8 heteroatoms. The quantitative estimate of drug-likeness (QED) is 0.624. The Morgan fingerprint density at radius 2 is 2.04 bits per heavy atom. The van der Waals surface area contributed by atoms with E-state index >= 15 is 0 Å². The Labute approximate surface area is 157 Å². The molecule has 8 nitrogen and oxygen atoms in total. The number of aliphatic hydroxyl groups is 1. The molecule has 0 radical (unpaired) electrons. The summed E-state index contributed by atoms with van der Waals surface area (Å²) in [6.45, 7) is 2.37. The molecule has 0 unspecified atom stereocenters. The number of benzene rings is 1. The van der Waals surface area contributed by atoms with Gasteiger partial charge in [-0.05, 0) is 30.7 Å². The van der Waals surface area contributed by atoms with Crippen LogP contribution in [-0.4, -0.2) is 47.1 Å². The fourth-order valence-corrected chi connectivity index (χ4v) is 2.51. The van der Waals surface area contributed by atoms with E-state index in [2.05, 4.69) is 20.4 Å². The lowest BCUT2D eigenvalue weighted by molar-refractivity contribution is 0.183. The number of rotatable bonds is 8. The SMILES string of the molecule is CC[C@@H](O)CNc1ccc(-c2nc(-c3cccc(OC)c3OC)no2)cn1. The second-order valence-corrected chi connectivity index (χ2v) is 5.84. The van der Waals surface area contributed by atoms with E-state index in [0.29, 0.717) is 53.1 Å². The number of nitrogens with zero attached hydrogens (tertiary/aromatic N) is 3. The zero-order chi connectivity index (χ0) is 19.2. The van der Waals surface area contributed by atoms with Gasteiger partial charge in [-0.2, -0.15) is 4.98 Å². The third-order valence-corrected chi connectivity index (χ3v) is 4.07. The molecule has 3 aromatic rings. The molecule has 2 heterocycles. The molecule has 142 valence electrons. The Morgan fingerprint density at radius 1 is 1.19 bits per heavy atom. The van der Waals surface area contributed by atoms with E-state index in [4.69, 9.17) is 14.0 Å². The molecule has 0 aliphatic carbocycles. The van der Waals surface area contributed by atoms with Crippen molar-refractivity contribution in [3.63, 3.8) is 0 Å². The normalized spacial score (nSPS) is 11.9. The molecule has 1 aromatic carbocycles. The summed E-state index contributed by atoms with van der Waals surface area (Å²) in [4.78, 5) is 8.75. The van der Waals surface area contributed by atoms with Crippen LogP contribution in [0.2, 0.25) is 0 Å². The molecule has 2 aromatic heterocycles. The van der Waals surface area contributed by atoms with Crippen molar-refractivity contribution in [2.75, 3.05) is 26.1 Å².